The number of hydrogen-bond donors (Lipinski definition) is 1. The minimum absolute atomic E-state index is 0.0794. The fraction of sp³-hybridized carbons (Fsp3) is 0.105. The highest BCUT2D eigenvalue weighted by molar-refractivity contribution is 7.98. The van der Waals surface area contributed by atoms with Crippen molar-refractivity contribution in [1.82, 2.24) is 5.32 Å². The van der Waals surface area contributed by atoms with Gasteiger partial charge in [-0.25, -0.2) is 0 Å². The Bertz CT molecular complexity index is 818. The molecule has 1 heterocycles. The quantitative estimate of drug-likeness (QED) is 0.568. The number of thiophene rings is 1. The molecule has 122 valence electrons. The van der Waals surface area contributed by atoms with Crippen molar-refractivity contribution in [2.45, 2.75) is 17.2 Å². The van der Waals surface area contributed by atoms with Gasteiger partial charge >= 0.3 is 0 Å². The molecule has 0 aliphatic rings. The number of amides is 1. The highest BCUT2D eigenvalue weighted by Crippen LogP contribution is 2.28. The van der Waals surface area contributed by atoms with Crippen LogP contribution in [0.1, 0.15) is 20.8 Å². The van der Waals surface area contributed by atoms with Gasteiger partial charge in [-0.15, -0.1) is 23.1 Å². The van der Waals surface area contributed by atoms with E-state index in [0.717, 1.165) is 16.2 Å². The van der Waals surface area contributed by atoms with Crippen LogP contribution < -0.4 is 5.32 Å². The predicted octanol–water partition coefficient (Wildman–Crippen LogP) is 5.62. The molecule has 1 aromatic heterocycles. The van der Waals surface area contributed by atoms with E-state index in [0.29, 0.717) is 17.1 Å². The summed E-state index contributed by atoms with van der Waals surface area (Å²) < 4.78 is 0. The molecule has 24 heavy (non-hydrogen) atoms. The molecule has 0 atom stereocenters. The van der Waals surface area contributed by atoms with Crippen LogP contribution in [-0.2, 0) is 12.3 Å². The van der Waals surface area contributed by atoms with Crippen LogP contribution in [0.3, 0.4) is 0 Å². The summed E-state index contributed by atoms with van der Waals surface area (Å²) >= 11 is 9.55. The molecule has 2 nitrogen and oxygen atoms in total. The van der Waals surface area contributed by atoms with E-state index in [9.17, 15) is 4.79 Å². The van der Waals surface area contributed by atoms with E-state index in [1.165, 1.54) is 4.88 Å². The topological polar surface area (TPSA) is 29.1 Å². The van der Waals surface area contributed by atoms with Gasteiger partial charge in [0.15, 0.2) is 0 Å². The van der Waals surface area contributed by atoms with Crippen LogP contribution in [0.15, 0.2) is 70.9 Å². The lowest BCUT2D eigenvalue weighted by Gasteiger charge is -2.10. The summed E-state index contributed by atoms with van der Waals surface area (Å²) in [5.74, 6) is 0.788. The molecule has 1 amide bonds. The molecule has 0 aliphatic heterocycles. The van der Waals surface area contributed by atoms with Crippen molar-refractivity contribution in [3.63, 3.8) is 0 Å². The summed E-state index contributed by atoms with van der Waals surface area (Å²) in [7, 11) is 0. The Morgan fingerprint density at radius 1 is 1.04 bits per heavy atom. The van der Waals surface area contributed by atoms with Crippen LogP contribution in [0.2, 0.25) is 5.02 Å². The van der Waals surface area contributed by atoms with Crippen molar-refractivity contribution in [2.75, 3.05) is 0 Å². The van der Waals surface area contributed by atoms with E-state index in [1.807, 2.05) is 54.6 Å². The molecule has 0 saturated heterocycles. The zero-order valence-electron chi connectivity index (χ0n) is 12.9. The molecule has 0 spiro atoms. The lowest BCUT2D eigenvalue weighted by molar-refractivity contribution is 0.0948. The second kappa shape index (κ2) is 8.38. The maximum Gasteiger partial charge on any atom is 0.252 e. The van der Waals surface area contributed by atoms with Crippen LogP contribution in [0, 0.1) is 0 Å². The summed E-state index contributed by atoms with van der Waals surface area (Å²) in [6.07, 6.45) is 0. The average molecular weight is 374 g/mol. The van der Waals surface area contributed by atoms with Gasteiger partial charge < -0.3 is 5.32 Å². The van der Waals surface area contributed by atoms with Gasteiger partial charge in [-0.1, -0.05) is 48.0 Å². The van der Waals surface area contributed by atoms with Gasteiger partial charge in [-0.2, -0.15) is 0 Å². The third-order valence-corrected chi connectivity index (χ3v) is 6.03. The maximum atomic E-state index is 12.5. The number of thioether (sulfide) groups is 1. The van der Waals surface area contributed by atoms with Crippen molar-refractivity contribution >= 4 is 40.6 Å². The molecular weight excluding hydrogens is 358 g/mol. The van der Waals surface area contributed by atoms with Gasteiger partial charge in [-0.3, -0.25) is 4.79 Å². The van der Waals surface area contributed by atoms with Gasteiger partial charge in [-0.05, 0) is 35.2 Å². The van der Waals surface area contributed by atoms with Crippen LogP contribution in [0.4, 0.5) is 0 Å². The lowest BCUT2D eigenvalue weighted by atomic mass is 10.2. The van der Waals surface area contributed by atoms with Gasteiger partial charge in [0.1, 0.15) is 0 Å². The van der Waals surface area contributed by atoms with Crippen LogP contribution in [0.5, 0.6) is 0 Å². The number of carbonyl (C=O) groups excluding carboxylic acids is 1. The van der Waals surface area contributed by atoms with Crippen LogP contribution in [0.25, 0.3) is 0 Å². The van der Waals surface area contributed by atoms with E-state index in [4.69, 9.17) is 11.6 Å². The summed E-state index contributed by atoms with van der Waals surface area (Å²) in [4.78, 5) is 14.8. The minimum atomic E-state index is -0.0794. The molecule has 0 radical (unpaired) electrons. The number of benzene rings is 2. The first-order valence-corrected chi connectivity index (χ1v) is 9.74. The number of rotatable bonds is 6. The fourth-order valence-electron chi connectivity index (χ4n) is 2.24. The Morgan fingerprint density at radius 3 is 2.62 bits per heavy atom. The van der Waals surface area contributed by atoms with Crippen molar-refractivity contribution < 1.29 is 4.79 Å². The Kier molecular flexibility index (Phi) is 5.96. The number of halogens is 1. The van der Waals surface area contributed by atoms with Crippen LogP contribution in [-0.4, -0.2) is 5.91 Å². The monoisotopic (exact) mass is 373 g/mol. The largest absolute Gasteiger partial charge is 0.348 e. The van der Waals surface area contributed by atoms with E-state index < -0.39 is 0 Å². The third kappa shape index (κ3) is 4.41. The standard InChI is InChI=1S/C19H16ClNOS2/c20-17-9-3-1-6-14(17)12-21-19(22)16-8-2-4-10-18(16)24-13-15-7-5-11-23-15/h1-11H,12-13H2,(H,21,22). The molecule has 0 aliphatic carbocycles. The Hall–Kier alpha value is -1.75. The second-order valence-electron chi connectivity index (χ2n) is 5.14. The Balaban J connectivity index is 1.67. The fourth-order valence-corrected chi connectivity index (χ4v) is 4.26. The first-order valence-electron chi connectivity index (χ1n) is 7.50. The van der Waals surface area contributed by atoms with E-state index in [-0.39, 0.29) is 5.91 Å². The third-order valence-electron chi connectivity index (χ3n) is 3.48. The molecule has 5 heteroatoms. The normalized spacial score (nSPS) is 10.5. The number of hydrogen-bond acceptors (Lipinski definition) is 3. The van der Waals surface area contributed by atoms with E-state index in [1.54, 1.807) is 23.1 Å². The summed E-state index contributed by atoms with van der Waals surface area (Å²) in [5, 5.41) is 5.69. The van der Waals surface area contributed by atoms with Gasteiger partial charge in [0.2, 0.25) is 0 Å². The molecule has 0 bridgehead atoms. The van der Waals surface area contributed by atoms with Gasteiger partial charge in [0, 0.05) is 27.1 Å². The molecular formula is C19H16ClNOS2. The molecule has 0 saturated carbocycles. The molecule has 0 fully saturated rings. The average Bonchev–Trinajstić information content (AvgIpc) is 3.13. The second-order valence-corrected chi connectivity index (χ2v) is 7.59. The zero-order chi connectivity index (χ0) is 16.8. The van der Waals surface area contributed by atoms with Gasteiger partial charge in [0.25, 0.3) is 5.91 Å². The summed E-state index contributed by atoms with van der Waals surface area (Å²) in [5.41, 5.74) is 1.61. The van der Waals surface area contributed by atoms with Crippen molar-refractivity contribution in [3.05, 3.63) is 87.1 Å². The van der Waals surface area contributed by atoms with E-state index >= 15 is 0 Å². The first-order chi connectivity index (χ1) is 11.7. The van der Waals surface area contributed by atoms with Crippen molar-refractivity contribution in [1.29, 1.82) is 0 Å². The maximum absolute atomic E-state index is 12.5. The minimum Gasteiger partial charge on any atom is -0.348 e. The first kappa shape index (κ1) is 17.1. The highest BCUT2D eigenvalue weighted by Gasteiger charge is 2.12. The Labute approximate surface area is 154 Å². The zero-order valence-corrected chi connectivity index (χ0v) is 15.3. The molecule has 3 rings (SSSR count). The smallest absolute Gasteiger partial charge is 0.252 e. The van der Waals surface area contributed by atoms with Crippen LogP contribution >= 0.6 is 34.7 Å². The van der Waals surface area contributed by atoms with Gasteiger partial charge in [0.05, 0.1) is 5.56 Å². The van der Waals surface area contributed by atoms with Crippen molar-refractivity contribution in [2.24, 2.45) is 0 Å². The molecule has 3 aromatic rings. The van der Waals surface area contributed by atoms with E-state index in [2.05, 4.69) is 16.8 Å². The summed E-state index contributed by atoms with van der Waals surface area (Å²) in [6.45, 7) is 0.419. The number of nitrogens with one attached hydrogen (secondary N) is 1. The van der Waals surface area contributed by atoms with Crippen molar-refractivity contribution in [3.8, 4) is 0 Å². The lowest BCUT2D eigenvalue weighted by Crippen LogP contribution is -2.23. The SMILES string of the molecule is O=C(NCc1ccccc1Cl)c1ccccc1SCc1cccs1. The molecule has 0 unspecified atom stereocenters. The number of carbonyl (C=O) groups is 1. The summed E-state index contributed by atoms with van der Waals surface area (Å²) in [6, 6.07) is 19.4. The molecule has 1 N–H and O–H groups in total. The predicted molar refractivity (Wildman–Crippen MR) is 103 cm³/mol. The highest BCUT2D eigenvalue weighted by atomic mass is 35.5. The molecule has 2 aromatic carbocycles. The Morgan fingerprint density at radius 2 is 1.83 bits per heavy atom.